The predicted molar refractivity (Wildman–Crippen MR) is 119 cm³/mol. The van der Waals surface area contributed by atoms with Crippen molar-refractivity contribution in [2.45, 2.75) is 46.0 Å². The molecule has 0 bridgehead atoms. The van der Waals surface area contributed by atoms with E-state index in [1.54, 1.807) is 4.90 Å². The van der Waals surface area contributed by atoms with Crippen molar-refractivity contribution in [3.05, 3.63) is 30.3 Å². The molecule has 2 rings (SSSR count). The first kappa shape index (κ1) is 23.7. The van der Waals surface area contributed by atoms with Crippen LogP contribution in [-0.4, -0.2) is 73.3 Å². The van der Waals surface area contributed by atoms with E-state index >= 15 is 0 Å². The first-order valence-corrected chi connectivity index (χ1v) is 11.2. The van der Waals surface area contributed by atoms with Crippen molar-refractivity contribution < 1.29 is 14.4 Å². The van der Waals surface area contributed by atoms with Crippen molar-refractivity contribution in [2.24, 2.45) is 0 Å². The summed E-state index contributed by atoms with van der Waals surface area (Å²) >= 11 is 0. The lowest BCUT2D eigenvalue weighted by Crippen LogP contribution is -2.51. The van der Waals surface area contributed by atoms with Crippen molar-refractivity contribution in [3.63, 3.8) is 0 Å². The second-order valence-corrected chi connectivity index (χ2v) is 7.71. The molecule has 1 saturated heterocycles. The second-order valence-electron chi connectivity index (χ2n) is 7.71. The molecule has 0 unspecified atom stereocenters. The molecule has 1 aliphatic heterocycles. The third kappa shape index (κ3) is 7.69. The maximum atomic E-state index is 12.4. The van der Waals surface area contributed by atoms with Gasteiger partial charge in [0, 0.05) is 57.8 Å². The first-order chi connectivity index (χ1) is 14.5. The van der Waals surface area contributed by atoms with Gasteiger partial charge in [0.25, 0.3) is 0 Å². The molecule has 0 radical (unpaired) electrons. The molecule has 30 heavy (non-hydrogen) atoms. The van der Waals surface area contributed by atoms with Gasteiger partial charge in [-0.05, 0) is 31.4 Å². The fourth-order valence-corrected chi connectivity index (χ4v) is 3.69. The van der Waals surface area contributed by atoms with Crippen LogP contribution >= 0.6 is 0 Å². The number of carbonyl (C=O) groups is 3. The minimum Gasteiger partial charge on any atom is -0.368 e. The molecule has 0 aliphatic carbocycles. The molecule has 0 atom stereocenters. The van der Waals surface area contributed by atoms with E-state index in [0.29, 0.717) is 25.9 Å². The van der Waals surface area contributed by atoms with E-state index in [0.717, 1.165) is 39.0 Å². The molecule has 1 aromatic carbocycles. The Bertz CT molecular complexity index is 666. The lowest BCUT2D eigenvalue weighted by molar-refractivity contribution is -0.133. The Morgan fingerprint density at radius 2 is 1.57 bits per heavy atom. The average molecular weight is 417 g/mol. The fraction of sp³-hybridized carbons (Fsp3) is 0.609. The predicted octanol–water partition coefficient (Wildman–Crippen LogP) is 2.27. The van der Waals surface area contributed by atoms with Crippen LogP contribution in [0.3, 0.4) is 0 Å². The highest BCUT2D eigenvalue weighted by atomic mass is 16.2. The normalized spacial score (nSPS) is 13.8. The van der Waals surface area contributed by atoms with Crippen molar-refractivity contribution in [1.82, 2.24) is 15.1 Å². The third-order valence-electron chi connectivity index (χ3n) is 5.32. The number of piperazine rings is 1. The molecule has 0 aromatic heterocycles. The van der Waals surface area contributed by atoms with Crippen molar-refractivity contribution in [2.75, 3.05) is 50.7 Å². The Morgan fingerprint density at radius 3 is 2.17 bits per heavy atom. The molecule has 1 heterocycles. The van der Waals surface area contributed by atoms with Crippen LogP contribution in [0, 0.1) is 0 Å². The SMILES string of the molecule is CCCN(CCC)C(=O)CCCC(=O)NCC(=O)N1CCN(c2ccccc2)CC1. The Labute approximate surface area is 180 Å². The summed E-state index contributed by atoms with van der Waals surface area (Å²) in [7, 11) is 0. The van der Waals surface area contributed by atoms with Gasteiger partial charge in [-0.2, -0.15) is 0 Å². The van der Waals surface area contributed by atoms with Gasteiger partial charge in [-0.25, -0.2) is 0 Å². The Balaban J connectivity index is 1.63. The number of para-hydroxylation sites is 1. The minimum absolute atomic E-state index is 0.0237. The molecule has 1 aliphatic rings. The van der Waals surface area contributed by atoms with Gasteiger partial charge < -0.3 is 20.0 Å². The quantitative estimate of drug-likeness (QED) is 0.601. The monoisotopic (exact) mass is 416 g/mol. The summed E-state index contributed by atoms with van der Waals surface area (Å²) in [4.78, 5) is 42.6. The number of hydrogen-bond donors (Lipinski definition) is 1. The van der Waals surface area contributed by atoms with E-state index in [1.165, 1.54) is 5.69 Å². The van der Waals surface area contributed by atoms with Crippen LogP contribution in [0.25, 0.3) is 0 Å². The van der Waals surface area contributed by atoms with Gasteiger partial charge >= 0.3 is 0 Å². The van der Waals surface area contributed by atoms with Crippen LogP contribution in [0.4, 0.5) is 5.69 Å². The summed E-state index contributed by atoms with van der Waals surface area (Å²) < 4.78 is 0. The topological polar surface area (TPSA) is 73.0 Å². The van der Waals surface area contributed by atoms with E-state index in [1.807, 2.05) is 23.1 Å². The fourth-order valence-electron chi connectivity index (χ4n) is 3.69. The molecular weight excluding hydrogens is 380 g/mol. The van der Waals surface area contributed by atoms with Gasteiger partial charge in [-0.3, -0.25) is 14.4 Å². The van der Waals surface area contributed by atoms with Gasteiger partial charge in [0.05, 0.1) is 6.54 Å². The summed E-state index contributed by atoms with van der Waals surface area (Å²) in [6, 6.07) is 10.2. The van der Waals surface area contributed by atoms with Crippen molar-refractivity contribution in [3.8, 4) is 0 Å². The molecule has 3 amide bonds. The smallest absolute Gasteiger partial charge is 0.242 e. The number of nitrogens with one attached hydrogen (secondary N) is 1. The van der Waals surface area contributed by atoms with E-state index < -0.39 is 0 Å². The van der Waals surface area contributed by atoms with E-state index in [2.05, 4.69) is 36.2 Å². The largest absolute Gasteiger partial charge is 0.368 e. The van der Waals surface area contributed by atoms with Gasteiger partial charge in [-0.15, -0.1) is 0 Å². The number of rotatable bonds is 11. The standard InChI is InChI=1S/C23H36N4O3/c1-3-13-26(14-4-2)22(29)12-8-11-21(28)24-19-23(30)27-17-15-25(16-18-27)20-9-6-5-7-10-20/h5-7,9-10H,3-4,8,11-19H2,1-2H3,(H,24,28). The highest BCUT2D eigenvalue weighted by Crippen LogP contribution is 2.15. The number of carbonyl (C=O) groups excluding carboxylic acids is 3. The van der Waals surface area contributed by atoms with E-state index in [-0.39, 0.29) is 30.7 Å². The summed E-state index contributed by atoms with van der Waals surface area (Å²) in [5.41, 5.74) is 1.17. The molecule has 7 heteroatoms. The van der Waals surface area contributed by atoms with E-state index in [9.17, 15) is 14.4 Å². The number of anilines is 1. The Hall–Kier alpha value is -2.57. The molecular formula is C23H36N4O3. The van der Waals surface area contributed by atoms with Crippen molar-refractivity contribution >= 4 is 23.4 Å². The van der Waals surface area contributed by atoms with Gasteiger partial charge in [0.1, 0.15) is 0 Å². The van der Waals surface area contributed by atoms with Crippen LogP contribution < -0.4 is 10.2 Å². The molecule has 0 saturated carbocycles. The molecule has 166 valence electrons. The summed E-state index contributed by atoms with van der Waals surface area (Å²) in [6.07, 6.45) is 3.04. The highest BCUT2D eigenvalue weighted by Gasteiger charge is 2.21. The van der Waals surface area contributed by atoms with Crippen LogP contribution in [0.1, 0.15) is 46.0 Å². The maximum Gasteiger partial charge on any atom is 0.242 e. The van der Waals surface area contributed by atoms with E-state index in [4.69, 9.17) is 0 Å². The minimum atomic E-state index is -0.170. The van der Waals surface area contributed by atoms with Gasteiger partial charge in [0.2, 0.25) is 17.7 Å². The molecule has 7 nitrogen and oxygen atoms in total. The molecule has 1 N–H and O–H groups in total. The average Bonchev–Trinajstić information content (AvgIpc) is 2.78. The Kier molecular flexibility index (Phi) is 10.2. The van der Waals surface area contributed by atoms with Gasteiger partial charge in [0.15, 0.2) is 0 Å². The van der Waals surface area contributed by atoms with Crippen LogP contribution in [0.15, 0.2) is 30.3 Å². The zero-order valence-electron chi connectivity index (χ0n) is 18.4. The van der Waals surface area contributed by atoms with Crippen molar-refractivity contribution in [1.29, 1.82) is 0 Å². The van der Waals surface area contributed by atoms with Crippen LogP contribution in [-0.2, 0) is 14.4 Å². The summed E-state index contributed by atoms with van der Waals surface area (Å²) in [5.74, 6) is -0.111. The Morgan fingerprint density at radius 1 is 0.933 bits per heavy atom. The number of amides is 3. The lowest BCUT2D eigenvalue weighted by atomic mass is 10.2. The molecule has 0 spiro atoms. The van der Waals surface area contributed by atoms with Gasteiger partial charge in [-0.1, -0.05) is 32.0 Å². The zero-order valence-corrected chi connectivity index (χ0v) is 18.4. The summed E-state index contributed by atoms with van der Waals surface area (Å²) in [5, 5.41) is 2.71. The maximum absolute atomic E-state index is 12.4. The number of benzene rings is 1. The molecule has 1 aromatic rings. The lowest BCUT2D eigenvalue weighted by Gasteiger charge is -2.36. The number of nitrogens with zero attached hydrogens (tertiary/aromatic N) is 3. The first-order valence-electron chi connectivity index (χ1n) is 11.2. The summed E-state index contributed by atoms with van der Waals surface area (Å²) in [6.45, 7) is 8.57. The third-order valence-corrected chi connectivity index (χ3v) is 5.32. The van der Waals surface area contributed by atoms with Crippen LogP contribution in [0.2, 0.25) is 0 Å². The zero-order chi connectivity index (χ0) is 21.8. The molecule has 1 fully saturated rings. The second kappa shape index (κ2) is 12.9. The number of hydrogen-bond acceptors (Lipinski definition) is 4. The highest BCUT2D eigenvalue weighted by molar-refractivity contribution is 5.85. The van der Waals surface area contributed by atoms with Crippen LogP contribution in [0.5, 0.6) is 0 Å².